The Hall–Kier alpha value is -3.85. The van der Waals surface area contributed by atoms with E-state index < -0.39 is 28.5 Å². The molecule has 1 atom stereocenters. The molecular weight excluding hydrogens is 526 g/mol. The molecule has 0 bridgehead atoms. The van der Waals surface area contributed by atoms with Crippen molar-refractivity contribution in [3.8, 4) is 5.75 Å². The molecule has 0 heterocycles. The lowest BCUT2D eigenvalue weighted by molar-refractivity contribution is -0.140. The number of anilines is 1. The summed E-state index contributed by atoms with van der Waals surface area (Å²) >= 11 is 0. The number of nitrogens with one attached hydrogen (secondary N) is 1. The quantitative estimate of drug-likeness (QED) is 0.320. The van der Waals surface area contributed by atoms with Crippen molar-refractivity contribution >= 4 is 27.5 Å². The number of carbonyl (C=O) groups excluding carboxylic acids is 2. The molecule has 0 radical (unpaired) electrons. The first kappa shape index (κ1) is 30.7. The summed E-state index contributed by atoms with van der Waals surface area (Å²) in [7, 11) is -2.65. The monoisotopic (exact) mass is 565 g/mol. The Balaban J connectivity index is 2.07. The molecular formula is C31H39N3O5S. The van der Waals surface area contributed by atoms with Gasteiger partial charge in [0, 0.05) is 19.2 Å². The van der Waals surface area contributed by atoms with Crippen molar-refractivity contribution in [1.29, 1.82) is 0 Å². The number of carbonyl (C=O) groups is 2. The molecule has 0 aliphatic heterocycles. The van der Waals surface area contributed by atoms with Crippen LogP contribution in [-0.4, -0.2) is 51.4 Å². The van der Waals surface area contributed by atoms with E-state index in [1.54, 1.807) is 36.4 Å². The highest BCUT2D eigenvalue weighted by Crippen LogP contribution is 2.28. The van der Waals surface area contributed by atoms with Crippen LogP contribution in [0.2, 0.25) is 0 Å². The van der Waals surface area contributed by atoms with Crippen LogP contribution in [0.15, 0.2) is 77.7 Å². The summed E-state index contributed by atoms with van der Waals surface area (Å²) in [4.78, 5) is 28.8. The summed E-state index contributed by atoms with van der Waals surface area (Å²) < 4.78 is 34.3. The zero-order chi connectivity index (χ0) is 29.3. The van der Waals surface area contributed by atoms with Gasteiger partial charge >= 0.3 is 0 Å². The van der Waals surface area contributed by atoms with E-state index in [0.717, 1.165) is 27.4 Å². The van der Waals surface area contributed by atoms with Gasteiger partial charge in [0.2, 0.25) is 11.8 Å². The minimum atomic E-state index is -4.14. The van der Waals surface area contributed by atoms with Crippen LogP contribution in [0.25, 0.3) is 0 Å². The Morgan fingerprint density at radius 3 is 2.25 bits per heavy atom. The molecule has 3 aromatic rings. The first-order chi connectivity index (χ1) is 19.1. The lowest BCUT2D eigenvalue weighted by Gasteiger charge is -2.33. The molecule has 0 aliphatic carbocycles. The molecule has 0 spiro atoms. The summed E-state index contributed by atoms with van der Waals surface area (Å²) in [5.41, 5.74) is 3.07. The van der Waals surface area contributed by atoms with Crippen LogP contribution in [0.1, 0.15) is 43.4 Å². The van der Waals surface area contributed by atoms with Crippen molar-refractivity contribution in [1.82, 2.24) is 10.2 Å². The van der Waals surface area contributed by atoms with Crippen LogP contribution in [-0.2, 0) is 26.2 Å². The van der Waals surface area contributed by atoms with E-state index in [1.165, 1.54) is 24.1 Å². The Morgan fingerprint density at radius 1 is 0.925 bits per heavy atom. The zero-order valence-electron chi connectivity index (χ0n) is 23.9. The summed E-state index contributed by atoms with van der Waals surface area (Å²) in [5.74, 6) is -0.297. The molecule has 0 aliphatic rings. The van der Waals surface area contributed by atoms with Crippen LogP contribution < -0.4 is 14.4 Å². The van der Waals surface area contributed by atoms with Crippen LogP contribution in [0.4, 0.5) is 5.69 Å². The lowest BCUT2D eigenvalue weighted by atomic mass is 10.1. The predicted octanol–water partition coefficient (Wildman–Crippen LogP) is 4.84. The number of ether oxygens (including phenoxy) is 1. The largest absolute Gasteiger partial charge is 0.497 e. The van der Waals surface area contributed by atoms with Crippen molar-refractivity contribution in [3.05, 3.63) is 89.5 Å². The summed E-state index contributed by atoms with van der Waals surface area (Å²) in [6.07, 6.45) is 1.13. The third-order valence-electron chi connectivity index (χ3n) is 6.60. The van der Waals surface area contributed by atoms with Crippen LogP contribution >= 0.6 is 0 Å². The van der Waals surface area contributed by atoms with Crippen LogP contribution in [0, 0.1) is 13.8 Å². The van der Waals surface area contributed by atoms with E-state index in [0.29, 0.717) is 18.7 Å². The summed E-state index contributed by atoms with van der Waals surface area (Å²) in [6.45, 7) is 7.78. The fourth-order valence-electron chi connectivity index (χ4n) is 4.42. The van der Waals surface area contributed by atoms with E-state index in [9.17, 15) is 18.0 Å². The van der Waals surface area contributed by atoms with Crippen molar-refractivity contribution in [3.63, 3.8) is 0 Å². The van der Waals surface area contributed by atoms with E-state index in [2.05, 4.69) is 5.32 Å². The molecule has 9 heteroatoms. The second-order valence-corrected chi connectivity index (χ2v) is 11.6. The highest BCUT2D eigenvalue weighted by molar-refractivity contribution is 7.92. The second-order valence-electron chi connectivity index (χ2n) is 9.75. The van der Waals surface area contributed by atoms with Crippen LogP contribution in [0.5, 0.6) is 5.75 Å². The molecule has 8 nitrogen and oxygen atoms in total. The Labute approximate surface area is 238 Å². The zero-order valence-corrected chi connectivity index (χ0v) is 24.7. The van der Waals surface area contributed by atoms with Gasteiger partial charge in [0.15, 0.2) is 0 Å². The lowest BCUT2D eigenvalue weighted by Crippen LogP contribution is -2.52. The second kappa shape index (κ2) is 14.0. The third kappa shape index (κ3) is 7.63. The van der Waals surface area contributed by atoms with Crippen molar-refractivity contribution in [2.24, 2.45) is 0 Å². The number of nitrogens with zero attached hydrogens (tertiary/aromatic N) is 2. The summed E-state index contributed by atoms with van der Waals surface area (Å²) in [6, 6.07) is 20.0. The van der Waals surface area contributed by atoms with Gasteiger partial charge in [-0.1, -0.05) is 67.4 Å². The molecule has 40 heavy (non-hydrogen) atoms. The minimum Gasteiger partial charge on any atom is -0.497 e. The number of sulfonamides is 1. The third-order valence-corrected chi connectivity index (χ3v) is 8.39. The fraction of sp³-hybridized carbons (Fsp3) is 0.355. The maximum atomic E-state index is 14.1. The Kier molecular flexibility index (Phi) is 10.7. The molecule has 0 unspecified atom stereocenters. The van der Waals surface area contributed by atoms with Gasteiger partial charge in [-0.15, -0.1) is 0 Å². The SMILES string of the molecule is CCCNC(=O)[C@H](CC)N(Cc1cccc(C)c1)C(=O)CN(c1cccc(OC)c1)S(=O)(=O)c1ccc(C)cc1. The molecule has 0 aromatic heterocycles. The molecule has 0 fully saturated rings. The van der Waals surface area contributed by atoms with E-state index in [-0.39, 0.29) is 23.0 Å². The molecule has 0 saturated heterocycles. The fourth-order valence-corrected chi connectivity index (χ4v) is 5.83. The highest BCUT2D eigenvalue weighted by Gasteiger charge is 2.33. The van der Waals surface area contributed by atoms with Crippen molar-refractivity contribution in [2.75, 3.05) is 24.5 Å². The first-order valence-electron chi connectivity index (χ1n) is 13.5. The topological polar surface area (TPSA) is 96.0 Å². The molecule has 3 aromatic carbocycles. The number of hydrogen-bond donors (Lipinski definition) is 1. The number of amides is 2. The number of hydrogen-bond acceptors (Lipinski definition) is 5. The standard InChI is InChI=1S/C31H39N3O5S/c1-6-18-32-31(36)29(7-2)33(21-25-11-8-10-24(4)19-25)30(35)22-34(26-12-9-13-27(20-26)39-5)40(37,38)28-16-14-23(3)15-17-28/h8-17,19-20,29H,6-7,18,21-22H2,1-5H3,(H,32,36)/t29-/m0/s1. The number of benzene rings is 3. The van der Waals surface area contributed by atoms with Crippen molar-refractivity contribution < 1.29 is 22.7 Å². The normalized spacial score (nSPS) is 11.9. The Morgan fingerprint density at radius 2 is 1.62 bits per heavy atom. The van der Waals surface area contributed by atoms with Gasteiger partial charge in [-0.2, -0.15) is 0 Å². The smallest absolute Gasteiger partial charge is 0.264 e. The highest BCUT2D eigenvalue weighted by atomic mass is 32.2. The first-order valence-corrected chi connectivity index (χ1v) is 14.9. The van der Waals surface area contributed by atoms with Gasteiger partial charge in [-0.25, -0.2) is 8.42 Å². The average molecular weight is 566 g/mol. The van der Waals surface area contributed by atoms with Gasteiger partial charge < -0.3 is 15.0 Å². The van der Waals surface area contributed by atoms with Gasteiger partial charge in [0.25, 0.3) is 10.0 Å². The van der Waals surface area contributed by atoms with E-state index in [1.807, 2.05) is 52.0 Å². The minimum absolute atomic E-state index is 0.0617. The number of aryl methyl sites for hydroxylation is 2. The molecule has 0 saturated carbocycles. The van der Waals surface area contributed by atoms with Gasteiger partial charge in [0.05, 0.1) is 17.7 Å². The number of rotatable bonds is 13. The van der Waals surface area contributed by atoms with Crippen molar-refractivity contribution in [2.45, 2.75) is 58.0 Å². The van der Waals surface area contributed by atoms with E-state index >= 15 is 0 Å². The van der Waals surface area contributed by atoms with Gasteiger partial charge in [0.1, 0.15) is 18.3 Å². The van der Waals surface area contributed by atoms with Gasteiger partial charge in [-0.3, -0.25) is 13.9 Å². The van der Waals surface area contributed by atoms with Gasteiger partial charge in [-0.05, 0) is 56.5 Å². The average Bonchev–Trinajstić information content (AvgIpc) is 2.94. The summed E-state index contributed by atoms with van der Waals surface area (Å²) in [5, 5.41) is 2.90. The number of methoxy groups -OCH3 is 1. The molecule has 1 N–H and O–H groups in total. The maximum absolute atomic E-state index is 14.1. The predicted molar refractivity (Wildman–Crippen MR) is 158 cm³/mol. The molecule has 2 amide bonds. The molecule has 214 valence electrons. The Bertz CT molecular complexity index is 1410. The van der Waals surface area contributed by atoms with Crippen LogP contribution in [0.3, 0.4) is 0 Å². The maximum Gasteiger partial charge on any atom is 0.264 e. The van der Waals surface area contributed by atoms with E-state index in [4.69, 9.17) is 4.74 Å². The molecule has 3 rings (SSSR count).